The summed E-state index contributed by atoms with van der Waals surface area (Å²) in [6.07, 6.45) is 3.51. The van der Waals surface area contributed by atoms with Crippen molar-refractivity contribution in [3.8, 4) is 11.5 Å². The van der Waals surface area contributed by atoms with Crippen LogP contribution < -0.4 is 14.8 Å². The van der Waals surface area contributed by atoms with E-state index in [2.05, 4.69) is 23.3 Å². The molecule has 2 heterocycles. The number of aromatic nitrogens is 1. The Morgan fingerprint density at radius 1 is 1.12 bits per heavy atom. The van der Waals surface area contributed by atoms with Gasteiger partial charge >= 0.3 is 0 Å². The molecule has 0 bridgehead atoms. The predicted molar refractivity (Wildman–Crippen MR) is 106 cm³/mol. The van der Waals surface area contributed by atoms with E-state index in [1.54, 1.807) is 30.8 Å². The van der Waals surface area contributed by atoms with Crippen LogP contribution in [0.1, 0.15) is 29.0 Å². The van der Waals surface area contributed by atoms with E-state index >= 15 is 0 Å². The summed E-state index contributed by atoms with van der Waals surface area (Å²) in [6.45, 7) is 3.38. The Bertz CT molecular complexity index is 839. The second-order valence-electron chi connectivity index (χ2n) is 5.86. The lowest BCUT2D eigenvalue weighted by atomic mass is 10.1. The van der Waals surface area contributed by atoms with Crippen LogP contribution in [0.3, 0.4) is 0 Å². The van der Waals surface area contributed by atoms with Crippen molar-refractivity contribution in [2.75, 3.05) is 7.11 Å². The van der Waals surface area contributed by atoms with Crippen molar-refractivity contribution in [3.05, 3.63) is 75.2 Å². The van der Waals surface area contributed by atoms with Crippen LogP contribution in [-0.2, 0) is 13.2 Å². The van der Waals surface area contributed by atoms with Gasteiger partial charge in [0.15, 0.2) is 11.5 Å². The number of nitrogens with one attached hydrogen (secondary N) is 1. The summed E-state index contributed by atoms with van der Waals surface area (Å²) >= 11 is 7.57. The number of nitrogens with zero attached hydrogens (tertiary/aromatic N) is 1. The molecule has 0 aliphatic rings. The number of hydrogen-bond acceptors (Lipinski definition) is 5. The number of benzene rings is 1. The van der Waals surface area contributed by atoms with Gasteiger partial charge in [0.1, 0.15) is 6.61 Å². The molecule has 136 valence electrons. The van der Waals surface area contributed by atoms with Gasteiger partial charge in [0, 0.05) is 29.9 Å². The average Bonchev–Trinajstić information content (AvgIpc) is 3.10. The third-order valence-electron chi connectivity index (χ3n) is 4.04. The van der Waals surface area contributed by atoms with Crippen LogP contribution in [0, 0.1) is 0 Å². The van der Waals surface area contributed by atoms with Crippen molar-refractivity contribution in [2.24, 2.45) is 0 Å². The highest BCUT2D eigenvalue weighted by Gasteiger charge is 2.11. The lowest BCUT2D eigenvalue weighted by molar-refractivity contribution is 0.284. The van der Waals surface area contributed by atoms with Crippen LogP contribution in [0.25, 0.3) is 0 Å². The lowest BCUT2D eigenvalue weighted by Crippen LogP contribution is -2.17. The van der Waals surface area contributed by atoms with Gasteiger partial charge in [-0.1, -0.05) is 17.7 Å². The number of thiophene rings is 1. The second-order valence-corrected chi connectivity index (χ2v) is 7.66. The van der Waals surface area contributed by atoms with Gasteiger partial charge in [-0.25, -0.2) is 0 Å². The van der Waals surface area contributed by atoms with E-state index in [4.69, 9.17) is 21.1 Å². The number of rotatable bonds is 8. The van der Waals surface area contributed by atoms with Gasteiger partial charge in [-0.15, -0.1) is 11.3 Å². The van der Waals surface area contributed by atoms with Crippen molar-refractivity contribution in [1.29, 1.82) is 0 Å². The Labute approximate surface area is 162 Å². The lowest BCUT2D eigenvalue weighted by Gasteiger charge is -2.17. The topological polar surface area (TPSA) is 43.4 Å². The molecular weight excluding hydrogens is 368 g/mol. The van der Waals surface area contributed by atoms with Gasteiger partial charge in [-0.05, 0) is 54.4 Å². The quantitative estimate of drug-likeness (QED) is 0.573. The van der Waals surface area contributed by atoms with Gasteiger partial charge in [0.25, 0.3) is 0 Å². The van der Waals surface area contributed by atoms with Crippen molar-refractivity contribution in [3.63, 3.8) is 0 Å². The molecule has 0 radical (unpaired) electrons. The second kappa shape index (κ2) is 9.03. The predicted octanol–water partition coefficient (Wildman–Crippen LogP) is 5.23. The number of ether oxygens (including phenoxy) is 2. The standard InChI is InChI=1S/C20H21ClN2O2S/c1-14(23-12-17-4-6-20(21)26-17)16-3-5-18(19(11-16)24-2)25-13-15-7-9-22-10-8-15/h3-11,14,23H,12-13H2,1-2H3. The average molecular weight is 389 g/mol. The molecule has 0 aliphatic carbocycles. The van der Waals surface area contributed by atoms with E-state index < -0.39 is 0 Å². The largest absolute Gasteiger partial charge is 0.493 e. The van der Waals surface area contributed by atoms with Gasteiger partial charge in [0.05, 0.1) is 11.4 Å². The highest BCUT2D eigenvalue weighted by Crippen LogP contribution is 2.31. The summed E-state index contributed by atoms with van der Waals surface area (Å²) in [7, 11) is 1.66. The Morgan fingerprint density at radius 3 is 2.62 bits per heavy atom. The van der Waals surface area contributed by atoms with Crippen molar-refractivity contribution < 1.29 is 9.47 Å². The summed E-state index contributed by atoms with van der Waals surface area (Å²) in [5.41, 5.74) is 2.21. The first-order chi connectivity index (χ1) is 12.7. The van der Waals surface area contributed by atoms with Gasteiger partial charge in [-0.3, -0.25) is 4.98 Å². The molecule has 4 nitrogen and oxygen atoms in total. The first-order valence-corrected chi connectivity index (χ1v) is 9.52. The van der Waals surface area contributed by atoms with Crippen LogP contribution in [-0.4, -0.2) is 12.1 Å². The van der Waals surface area contributed by atoms with E-state index in [1.807, 2.05) is 36.4 Å². The summed E-state index contributed by atoms with van der Waals surface area (Å²) in [6, 6.07) is 14.0. The Kier molecular flexibility index (Phi) is 6.50. The minimum absolute atomic E-state index is 0.180. The van der Waals surface area contributed by atoms with Crippen LogP contribution in [0.4, 0.5) is 0 Å². The Hall–Kier alpha value is -2.08. The first-order valence-electron chi connectivity index (χ1n) is 8.33. The van der Waals surface area contributed by atoms with Crippen LogP contribution in [0.5, 0.6) is 11.5 Å². The molecular formula is C20H21ClN2O2S. The van der Waals surface area contributed by atoms with Crippen molar-refractivity contribution >= 4 is 22.9 Å². The number of halogens is 1. The molecule has 6 heteroatoms. The zero-order valence-electron chi connectivity index (χ0n) is 14.7. The molecule has 1 atom stereocenters. The fourth-order valence-electron chi connectivity index (χ4n) is 2.53. The summed E-state index contributed by atoms with van der Waals surface area (Å²) < 4.78 is 12.2. The highest BCUT2D eigenvalue weighted by atomic mass is 35.5. The van der Waals surface area contributed by atoms with Crippen molar-refractivity contribution in [1.82, 2.24) is 10.3 Å². The minimum atomic E-state index is 0.180. The number of hydrogen-bond donors (Lipinski definition) is 1. The van der Waals surface area contributed by atoms with E-state index in [9.17, 15) is 0 Å². The summed E-state index contributed by atoms with van der Waals surface area (Å²) in [5.74, 6) is 1.45. The molecule has 0 aliphatic heterocycles. The molecule has 0 saturated heterocycles. The highest BCUT2D eigenvalue weighted by molar-refractivity contribution is 7.16. The summed E-state index contributed by atoms with van der Waals surface area (Å²) in [5, 5.41) is 3.51. The molecule has 3 rings (SSSR count). The molecule has 26 heavy (non-hydrogen) atoms. The van der Waals surface area contributed by atoms with Gasteiger partial charge in [-0.2, -0.15) is 0 Å². The van der Waals surface area contributed by atoms with Gasteiger partial charge < -0.3 is 14.8 Å². The molecule has 3 aromatic rings. The molecule has 1 unspecified atom stereocenters. The molecule has 2 aromatic heterocycles. The molecule has 1 aromatic carbocycles. The Balaban J connectivity index is 1.63. The molecule has 0 spiro atoms. The summed E-state index contributed by atoms with van der Waals surface area (Å²) in [4.78, 5) is 5.23. The fraction of sp³-hybridized carbons (Fsp3) is 0.250. The van der Waals surface area contributed by atoms with E-state index in [0.29, 0.717) is 6.61 Å². The third kappa shape index (κ3) is 4.97. The monoisotopic (exact) mass is 388 g/mol. The zero-order chi connectivity index (χ0) is 18.4. The van der Waals surface area contributed by atoms with E-state index in [-0.39, 0.29) is 6.04 Å². The van der Waals surface area contributed by atoms with Gasteiger partial charge in [0.2, 0.25) is 0 Å². The Morgan fingerprint density at radius 2 is 1.92 bits per heavy atom. The molecule has 0 fully saturated rings. The maximum Gasteiger partial charge on any atom is 0.161 e. The number of methoxy groups -OCH3 is 1. The van der Waals surface area contributed by atoms with Crippen LogP contribution >= 0.6 is 22.9 Å². The molecule has 1 N–H and O–H groups in total. The maximum absolute atomic E-state index is 5.98. The minimum Gasteiger partial charge on any atom is -0.493 e. The van der Waals surface area contributed by atoms with E-state index in [0.717, 1.165) is 33.5 Å². The first kappa shape index (κ1) is 18.7. The SMILES string of the molecule is COc1cc(C(C)NCc2ccc(Cl)s2)ccc1OCc1ccncc1. The fourth-order valence-corrected chi connectivity index (χ4v) is 3.57. The third-order valence-corrected chi connectivity index (χ3v) is 5.27. The molecule has 0 saturated carbocycles. The van der Waals surface area contributed by atoms with Crippen LogP contribution in [0.15, 0.2) is 54.9 Å². The number of pyridine rings is 1. The molecule has 0 amide bonds. The van der Waals surface area contributed by atoms with Crippen LogP contribution in [0.2, 0.25) is 4.34 Å². The van der Waals surface area contributed by atoms with E-state index in [1.165, 1.54) is 4.88 Å². The zero-order valence-corrected chi connectivity index (χ0v) is 16.3. The van der Waals surface area contributed by atoms with Crippen molar-refractivity contribution in [2.45, 2.75) is 26.1 Å². The normalized spacial score (nSPS) is 12.0. The smallest absolute Gasteiger partial charge is 0.161 e. The maximum atomic E-state index is 5.98.